The zero-order valence-corrected chi connectivity index (χ0v) is 12.5. The predicted molar refractivity (Wildman–Crippen MR) is 78.0 cm³/mol. The third kappa shape index (κ3) is 3.77. The van der Waals surface area contributed by atoms with Gasteiger partial charge in [-0.1, -0.05) is 13.8 Å². The number of nitrogens with zero attached hydrogens (tertiary/aromatic N) is 2. The van der Waals surface area contributed by atoms with Crippen molar-refractivity contribution in [3.8, 4) is 0 Å². The van der Waals surface area contributed by atoms with E-state index in [1.807, 2.05) is 6.20 Å². The molecule has 1 aliphatic heterocycles. The van der Waals surface area contributed by atoms with Crippen molar-refractivity contribution in [2.45, 2.75) is 45.7 Å². The first-order valence-electron chi connectivity index (χ1n) is 7.03. The van der Waals surface area contributed by atoms with Crippen molar-refractivity contribution in [3.63, 3.8) is 0 Å². The van der Waals surface area contributed by atoms with Gasteiger partial charge in [-0.2, -0.15) is 0 Å². The van der Waals surface area contributed by atoms with Crippen molar-refractivity contribution >= 4 is 11.3 Å². The molecule has 1 saturated heterocycles. The molecule has 0 bridgehead atoms. The predicted octanol–water partition coefficient (Wildman–Crippen LogP) is 2.91. The maximum absolute atomic E-state index is 4.45. The lowest BCUT2D eigenvalue weighted by molar-refractivity contribution is 0.129. The maximum Gasteiger partial charge on any atom is 0.109 e. The summed E-state index contributed by atoms with van der Waals surface area (Å²) in [6.45, 7) is 10.3. The van der Waals surface area contributed by atoms with Crippen LogP contribution in [0.3, 0.4) is 0 Å². The molecule has 2 rings (SSSR count). The van der Waals surface area contributed by atoms with Gasteiger partial charge in [0.05, 0.1) is 6.04 Å². The van der Waals surface area contributed by atoms with Crippen LogP contribution in [-0.2, 0) is 0 Å². The van der Waals surface area contributed by atoms with Gasteiger partial charge < -0.3 is 5.32 Å². The van der Waals surface area contributed by atoms with Crippen LogP contribution in [0.1, 0.15) is 44.7 Å². The van der Waals surface area contributed by atoms with Crippen LogP contribution >= 0.6 is 11.3 Å². The number of likely N-dealkylation sites (tertiary alicyclic amines) is 1. The normalized spacial score (nSPS) is 23.4. The number of thiazole rings is 1. The number of hydrogen-bond donors (Lipinski definition) is 1. The lowest BCUT2D eigenvalue weighted by Gasteiger charge is -2.36. The van der Waals surface area contributed by atoms with E-state index in [2.05, 4.69) is 41.4 Å². The Morgan fingerprint density at radius 2 is 2.33 bits per heavy atom. The highest BCUT2D eigenvalue weighted by Crippen LogP contribution is 2.27. The summed E-state index contributed by atoms with van der Waals surface area (Å²) >= 11 is 1.78. The van der Waals surface area contributed by atoms with Crippen LogP contribution in [0.5, 0.6) is 0 Å². The first-order valence-corrected chi connectivity index (χ1v) is 7.91. The van der Waals surface area contributed by atoms with E-state index in [1.54, 1.807) is 11.3 Å². The van der Waals surface area contributed by atoms with E-state index >= 15 is 0 Å². The molecule has 0 aliphatic carbocycles. The summed E-state index contributed by atoms with van der Waals surface area (Å²) < 4.78 is 0. The summed E-state index contributed by atoms with van der Waals surface area (Å²) in [5, 5.41) is 6.90. The van der Waals surface area contributed by atoms with Crippen LogP contribution in [0.4, 0.5) is 0 Å². The van der Waals surface area contributed by atoms with E-state index in [9.17, 15) is 0 Å². The molecule has 2 unspecified atom stereocenters. The SMILES string of the molecule is CC(C)NCC1CCCN(C(C)c2nccs2)C1. The van der Waals surface area contributed by atoms with Gasteiger partial charge in [-0.05, 0) is 38.8 Å². The van der Waals surface area contributed by atoms with Crippen molar-refractivity contribution in [1.82, 2.24) is 15.2 Å². The quantitative estimate of drug-likeness (QED) is 0.889. The monoisotopic (exact) mass is 267 g/mol. The van der Waals surface area contributed by atoms with Crippen LogP contribution in [0.2, 0.25) is 0 Å². The van der Waals surface area contributed by atoms with E-state index < -0.39 is 0 Å². The standard InChI is InChI=1S/C14H25N3S/c1-11(2)16-9-13-5-4-7-17(10-13)12(3)14-15-6-8-18-14/h6,8,11-13,16H,4-5,7,9-10H2,1-3H3. The van der Waals surface area contributed by atoms with Gasteiger partial charge in [-0.25, -0.2) is 4.98 Å². The summed E-state index contributed by atoms with van der Waals surface area (Å²) in [7, 11) is 0. The highest BCUT2D eigenvalue weighted by Gasteiger charge is 2.25. The number of aromatic nitrogens is 1. The minimum absolute atomic E-state index is 0.479. The number of piperidine rings is 1. The highest BCUT2D eigenvalue weighted by atomic mass is 32.1. The third-order valence-electron chi connectivity index (χ3n) is 3.72. The van der Waals surface area contributed by atoms with Gasteiger partial charge >= 0.3 is 0 Å². The van der Waals surface area contributed by atoms with Gasteiger partial charge in [0.15, 0.2) is 0 Å². The van der Waals surface area contributed by atoms with E-state index in [4.69, 9.17) is 0 Å². The Morgan fingerprint density at radius 1 is 1.50 bits per heavy atom. The van der Waals surface area contributed by atoms with Gasteiger partial charge in [0, 0.05) is 24.2 Å². The first kappa shape index (κ1) is 14.0. The Morgan fingerprint density at radius 3 is 3.00 bits per heavy atom. The molecule has 2 atom stereocenters. The van der Waals surface area contributed by atoms with E-state index in [0.29, 0.717) is 12.1 Å². The maximum atomic E-state index is 4.45. The number of hydrogen-bond acceptors (Lipinski definition) is 4. The second kappa shape index (κ2) is 6.64. The molecule has 0 spiro atoms. The van der Waals surface area contributed by atoms with Crippen molar-refractivity contribution in [2.75, 3.05) is 19.6 Å². The Balaban J connectivity index is 1.86. The van der Waals surface area contributed by atoms with Gasteiger partial charge in [-0.3, -0.25) is 4.90 Å². The van der Waals surface area contributed by atoms with Crippen molar-refractivity contribution in [3.05, 3.63) is 16.6 Å². The Bertz CT molecular complexity index is 337. The van der Waals surface area contributed by atoms with Crippen LogP contribution in [0.15, 0.2) is 11.6 Å². The fraction of sp³-hybridized carbons (Fsp3) is 0.786. The molecule has 1 fully saturated rings. The summed E-state index contributed by atoms with van der Waals surface area (Å²) in [5.74, 6) is 0.795. The van der Waals surface area contributed by atoms with E-state index in [1.165, 1.54) is 30.9 Å². The van der Waals surface area contributed by atoms with Crippen molar-refractivity contribution in [1.29, 1.82) is 0 Å². The second-order valence-corrected chi connectivity index (χ2v) is 6.54. The molecule has 102 valence electrons. The van der Waals surface area contributed by atoms with Gasteiger partial charge in [0.25, 0.3) is 0 Å². The molecule has 18 heavy (non-hydrogen) atoms. The summed E-state index contributed by atoms with van der Waals surface area (Å²) in [5.41, 5.74) is 0. The molecule has 0 saturated carbocycles. The molecule has 0 aromatic carbocycles. The van der Waals surface area contributed by atoms with Crippen LogP contribution in [0, 0.1) is 5.92 Å². The molecule has 1 aromatic rings. The molecule has 0 radical (unpaired) electrons. The highest BCUT2D eigenvalue weighted by molar-refractivity contribution is 7.09. The smallest absolute Gasteiger partial charge is 0.109 e. The largest absolute Gasteiger partial charge is 0.314 e. The molecule has 1 N–H and O–H groups in total. The first-order chi connectivity index (χ1) is 8.66. The summed E-state index contributed by atoms with van der Waals surface area (Å²) in [6.07, 6.45) is 4.60. The fourth-order valence-electron chi connectivity index (χ4n) is 2.62. The van der Waals surface area contributed by atoms with E-state index in [-0.39, 0.29) is 0 Å². The molecular formula is C14H25N3S. The zero-order valence-electron chi connectivity index (χ0n) is 11.7. The van der Waals surface area contributed by atoms with Crippen molar-refractivity contribution in [2.24, 2.45) is 5.92 Å². The Hall–Kier alpha value is -0.450. The average Bonchev–Trinajstić information content (AvgIpc) is 2.89. The minimum Gasteiger partial charge on any atom is -0.314 e. The lowest BCUT2D eigenvalue weighted by atomic mass is 9.96. The minimum atomic E-state index is 0.479. The molecular weight excluding hydrogens is 242 g/mol. The van der Waals surface area contributed by atoms with Crippen molar-refractivity contribution < 1.29 is 0 Å². The third-order valence-corrected chi connectivity index (χ3v) is 4.67. The van der Waals surface area contributed by atoms with Crippen LogP contribution in [0.25, 0.3) is 0 Å². The van der Waals surface area contributed by atoms with Gasteiger partial charge in [0.1, 0.15) is 5.01 Å². The fourth-order valence-corrected chi connectivity index (χ4v) is 3.34. The number of nitrogens with one attached hydrogen (secondary N) is 1. The summed E-state index contributed by atoms with van der Waals surface area (Å²) in [4.78, 5) is 7.04. The second-order valence-electron chi connectivity index (χ2n) is 5.61. The Kier molecular flexibility index (Phi) is 5.15. The van der Waals surface area contributed by atoms with E-state index in [0.717, 1.165) is 12.5 Å². The van der Waals surface area contributed by atoms with Crippen LogP contribution < -0.4 is 5.32 Å². The number of rotatable bonds is 5. The molecule has 1 aliphatic rings. The summed E-state index contributed by atoms with van der Waals surface area (Å²) in [6, 6.07) is 1.07. The molecule has 0 amide bonds. The zero-order chi connectivity index (χ0) is 13.0. The van der Waals surface area contributed by atoms with Gasteiger partial charge in [0.2, 0.25) is 0 Å². The topological polar surface area (TPSA) is 28.2 Å². The lowest BCUT2D eigenvalue weighted by Crippen LogP contribution is -2.41. The molecule has 1 aromatic heterocycles. The molecule has 3 nitrogen and oxygen atoms in total. The molecule has 4 heteroatoms. The Labute approximate surface area is 115 Å². The van der Waals surface area contributed by atoms with Crippen LogP contribution in [-0.4, -0.2) is 35.6 Å². The average molecular weight is 267 g/mol. The molecule has 2 heterocycles. The van der Waals surface area contributed by atoms with Gasteiger partial charge in [-0.15, -0.1) is 11.3 Å².